The van der Waals surface area contributed by atoms with Crippen molar-refractivity contribution in [1.29, 1.82) is 0 Å². The summed E-state index contributed by atoms with van der Waals surface area (Å²) in [5, 5.41) is 3.19. The van der Waals surface area contributed by atoms with Gasteiger partial charge in [-0.1, -0.05) is 0 Å². The summed E-state index contributed by atoms with van der Waals surface area (Å²) in [6, 6.07) is 0.0544. The summed E-state index contributed by atoms with van der Waals surface area (Å²) in [7, 11) is 3.25. The molecular formula is C13H26N2O4. The summed E-state index contributed by atoms with van der Waals surface area (Å²) < 4.78 is 9.52. The van der Waals surface area contributed by atoms with E-state index in [1.807, 2.05) is 20.8 Å². The number of aldehydes is 1. The van der Waals surface area contributed by atoms with Crippen LogP contribution in [0.25, 0.3) is 0 Å². The zero-order valence-corrected chi connectivity index (χ0v) is 12.6. The summed E-state index contributed by atoms with van der Waals surface area (Å²) in [6.45, 7) is 7.40. The number of hydrogen-bond acceptors (Lipinski definition) is 5. The van der Waals surface area contributed by atoms with Crippen molar-refractivity contribution in [2.75, 3.05) is 33.9 Å². The first-order chi connectivity index (χ1) is 8.84. The SMILES string of the molecule is CC(C)(C)OC(=O)N1CCNC(CC=O)C1.COC. The molecule has 1 saturated heterocycles. The fraction of sp³-hybridized carbons (Fsp3) is 0.846. The molecule has 6 nitrogen and oxygen atoms in total. The Kier molecular flexibility index (Phi) is 8.34. The van der Waals surface area contributed by atoms with E-state index in [9.17, 15) is 9.59 Å². The first-order valence-electron chi connectivity index (χ1n) is 6.39. The molecule has 0 saturated carbocycles. The van der Waals surface area contributed by atoms with Crippen LogP contribution in [0.1, 0.15) is 27.2 Å². The highest BCUT2D eigenvalue weighted by Crippen LogP contribution is 2.11. The van der Waals surface area contributed by atoms with E-state index in [4.69, 9.17) is 4.74 Å². The predicted molar refractivity (Wildman–Crippen MR) is 73.2 cm³/mol. The second-order valence-corrected chi connectivity index (χ2v) is 5.39. The highest BCUT2D eigenvalue weighted by atomic mass is 16.6. The van der Waals surface area contributed by atoms with Gasteiger partial charge >= 0.3 is 6.09 Å². The summed E-state index contributed by atoms with van der Waals surface area (Å²) >= 11 is 0. The van der Waals surface area contributed by atoms with Crippen LogP contribution in [-0.4, -0.2) is 62.8 Å². The third-order valence-corrected chi connectivity index (χ3v) is 2.29. The number of nitrogens with one attached hydrogen (secondary N) is 1. The lowest BCUT2D eigenvalue weighted by Crippen LogP contribution is -2.53. The van der Waals surface area contributed by atoms with E-state index in [0.29, 0.717) is 26.1 Å². The van der Waals surface area contributed by atoms with Gasteiger partial charge in [-0.05, 0) is 20.8 Å². The van der Waals surface area contributed by atoms with Gasteiger partial charge in [0.1, 0.15) is 11.9 Å². The minimum Gasteiger partial charge on any atom is -0.444 e. The Bertz CT molecular complexity index is 276. The third kappa shape index (κ3) is 8.56. The molecule has 0 aromatic heterocycles. The Hall–Kier alpha value is -1.14. The first-order valence-corrected chi connectivity index (χ1v) is 6.39. The van der Waals surface area contributed by atoms with Gasteiger partial charge in [-0.25, -0.2) is 4.79 Å². The van der Waals surface area contributed by atoms with Crippen LogP contribution in [0.15, 0.2) is 0 Å². The number of methoxy groups -OCH3 is 1. The number of amides is 1. The molecular weight excluding hydrogens is 248 g/mol. The van der Waals surface area contributed by atoms with E-state index in [-0.39, 0.29) is 12.1 Å². The minimum atomic E-state index is -0.470. The van der Waals surface area contributed by atoms with Crippen LogP contribution >= 0.6 is 0 Å². The molecule has 1 aliphatic heterocycles. The quantitative estimate of drug-likeness (QED) is 0.762. The molecule has 1 aliphatic rings. The van der Waals surface area contributed by atoms with E-state index < -0.39 is 5.60 Å². The van der Waals surface area contributed by atoms with Gasteiger partial charge < -0.3 is 24.5 Å². The minimum absolute atomic E-state index is 0.0544. The number of carbonyl (C=O) groups excluding carboxylic acids is 2. The van der Waals surface area contributed by atoms with Gasteiger partial charge in [-0.3, -0.25) is 0 Å². The Labute approximate surface area is 115 Å². The van der Waals surface area contributed by atoms with Crippen LogP contribution in [0.4, 0.5) is 4.79 Å². The molecule has 1 heterocycles. The number of piperazine rings is 1. The lowest BCUT2D eigenvalue weighted by molar-refractivity contribution is -0.108. The third-order valence-electron chi connectivity index (χ3n) is 2.29. The summed E-state index contributed by atoms with van der Waals surface area (Å²) in [5.74, 6) is 0. The molecule has 1 rings (SSSR count). The van der Waals surface area contributed by atoms with Crippen molar-refractivity contribution in [2.45, 2.75) is 38.8 Å². The monoisotopic (exact) mass is 274 g/mol. The van der Waals surface area contributed by atoms with Crippen LogP contribution in [0, 0.1) is 0 Å². The van der Waals surface area contributed by atoms with Gasteiger partial charge in [0.25, 0.3) is 0 Å². The molecule has 6 heteroatoms. The Morgan fingerprint density at radius 1 is 1.42 bits per heavy atom. The van der Waals surface area contributed by atoms with Crippen molar-refractivity contribution >= 4 is 12.4 Å². The van der Waals surface area contributed by atoms with Crippen LogP contribution in [0.2, 0.25) is 0 Å². The molecule has 1 fully saturated rings. The summed E-state index contributed by atoms with van der Waals surface area (Å²) in [5.41, 5.74) is -0.470. The van der Waals surface area contributed by atoms with Gasteiger partial charge in [0, 0.05) is 46.3 Å². The molecule has 1 N–H and O–H groups in total. The number of carbonyl (C=O) groups is 2. The van der Waals surface area contributed by atoms with Crippen LogP contribution in [-0.2, 0) is 14.3 Å². The molecule has 0 aliphatic carbocycles. The number of rotatable bonds is 2. The summed E-state index contributed by atoms with van der Waals surface area (Å²) in [4.78, 5) is 23.8. The zero-order chi connectivity index (χ0) is 14.9. The van der Waals surface area contributed by atoms with Crippen LogP contribution in [0.5, 0.6) is 0 Å². The lowest BCUT2D eigenvalue weighted by atomic mass is 10.1. The molecule has 1 amide bonds. The van der Waals surface area contributed by atoms with Crippen molar-refractivity contribution < 1.29 is 19.1 Å². The molecule has 19 heavy (non-hydrogen) atoms. The predicted octanol–water partition coefficient (Wildman–Crippen LogP) is 1.05. The normalized spacial score (nSPS) is 19.2. The Morgan fingerprint density at radius 3 is 2.47 bits per heavy atom. The van der Waals surface area contributed by atoms with Gasteiger partial charge in [0.05, 0.1) is 0 Å². The molecule has 0 aromatic carbocycles. The van der Waals surface area contributed by atoms with Gasteiger partial charge in [0.2, 0.25) is 0 Å². The fourth-order valence-corrected chi connectivity index (χ4v) is 1.59. The van der Waals surface area contributed by atoms with Gasteiger partial charge in [0.15, 0.2) is 0 Å². The van der Waals surface area contributed by atoms with Gasteiger partial charge in [-0.2, -0.15) is 0 Å². The molecule has 0 bridgehead atoms. The van der Waals surface area contributed by atoms with Crippen LogP contribution < -0.4 is 5.32 Å². The number of ether oxygens (including phenoxy) is 2. The largest absolute Gasteiger partial charge is 0.444 e. The molecule has 0 radical (unpaired) electrons. The molecule has 0 aromatic rings. The maximum Gasteiger partial charge on any atom is 0.410 e. The highest BCUT2D eigenvalue weighted by molar-refractivity contribution is 5.68. The topological polar surface area (TPSA) is 67.9 Å². The summed E-state index contributed by atoms with van der Waals surface area (Å²) in [6.07, 6.45) is 1.00. The molecule has 1 unspecified atom stereocenters. The van der Waals surface area contributed by atoms with E-state index >= 15 is 0 Å². The van der Waals surface area contributed by atoms with Crippen molar-refractivity contribution in [1.82, 2.24) is 10.2 Å². The van der Waals surface area contributed by atoms with Crippen molar-refractivity contribution in [2.24, 2.45) is 0 Å². The maximum absolute atomic E-state index is 11.8. The molecule has 0 spiro atoms. The average molecular weight is 274 g/mol. The second kappa shape index (κ2) is 8.87. The lowest BCUT2D eigenvalue weighted by Gasteiger charge is -2.34. The van der Waals surface area contributed by atoms with E-state index in [1.165, 1.54) is 0 Å². The number of hydrogen-bond donors (Lipinski definition) is 1. The van der Waals surface area contributed by atoms with Crippen molar-refractivity contribution in [3.8, 4) is 0 Å². The zero-order valence-electron chi connectivity index (χ0n) is 12.6. The molecule has 112 valence electrons. The highest BCUT2D eigenvalue weighted by Gasteiger charge is 2.26. The smallest absolute Gasteiger partial charge is 0.410 e. The maximum atomic E-state index is 11.8. The number of nitrogens with zero attached hydrogens (tertiary/aromatic N) is 1. The van der Waals surface area contributed by atoms with Gasteiger partial charge in [-0.15, -0.1) is 0 Å². The Morgan fingerprint density at radius 2 is 2.00 bits per heavy atom. The fourth-order valence-electron chi connectivity index (χ4n) is 1.59. The standard InChI is InChI=1S/C11H20N2O3.C2H6O/c1-11(2,3)16-10(15)13-6-5-12-9(8-13)4-7-14;1-3-2/h7,9,12H,4-6,8H2,1-3H3;1-2H3. The van der Waals surface area contributed by atoms with Crippen molar-refractivity contribution in [3.63, 3.8) is 0 Å². The van der Waals surface area contributed by atoms with E-state index in [2.05, 4.69) is 10.1 Å². The van der Waals surface area contributed by atoms with E-state index in [1.54, 1.807) is 19.1 Å². The van der Waals surface area contributed by atoms with Crippen LogP contribution in [0.3, 0.4) is 0 Å². The van der Waals surface area contributed by atoms with Crippen molar-refractivity contribution in [3.05, 3.63) is 0 Å². The second-order valence-electron chi connectivity index (χ2n) is 5.39. The molecule has 1 atom stereocenters. The van der Waals surface area contributed by atoms with E-state index in [0.717, 1.165) is 6.29 Å². The Balaban J connectivity index is 0.000000982. The first kappa shape index (κ1) is 17.9. The average Bonchev–Trinajstić information content (AvgIpc) is 2.28.